The van der Waals surface area contributed by atoms with Crippen molar-refractivity contribution in [2.75, 3.05) is 26.2 Å². The zero-order valence-corrected chi connectivity index (χ0v) is 17.8. The molecular formula is C18H22Cl3F2N5O. The van der Waals surface area contributed by atoms with E-state index in [1.54, 1.807) is 17.0 Å². The second kappa shape index (κ2) is 10.0. The van der Waals surface area contributed by atoms with Gasteiger partial charge in [-0.2, -0.15) is 5.10 Å². The Bertz CT molecular complexity index is 837. The van der Waals surface area contributed by atoms with Crippen molar-refractivity contribution in [1.29, 1.82) is 0 Å². The van der Waals surface area contributed by atoms with Crippen LogP contribution in [0.1, 0.15) is 35.3 Å². The van der Waals surface area contributed by atoms with E-state index in [0.717, 1.165) is 30.6 Å². The third-order valence-corrected chi connectivity index (χ3v) is 5.78. The minimum Gasteiger partial charge on any atom is -0.339 e. The molecule has 2 aromatic rings. The Kier molecular flexibility index (Phi) is 8.22. The average Bonchev–Trinajstić information content (AvgIpc) is 3.24. The molecule has 29 heavy (non-hydrogen) atoms. The number of alkyl halides is 2. The third kappa shape index (κ3) is 4.66. The van der Waals surface area contributed by atoms with E-state index in [2.05, 4.69) is 15.4 Å². The smallest absolute Gasteiger partial charge is 0.281 e. The minimum atomic E-state index is -2.87. The quantitative estimate of drug-likeness (QED) is 0.745. The number of aromatic nitrogens is 3. The van der Waals surface area contributed by atoms with Crippen molar-refractivity contribution >= 4 is 42.3 Å². The van der Waals surface area contributed by atoms with Crippen LogP contribution in [-0.4, -0.2) is 51.8 Å². The van der Waals surface area contributed by atoms with Crippen molar-refractivity contribution in [3.8, 4) is 5.82 Å². The van der Waals surface area contributed by atoms with Crippen LogP contribution in [0.4, 0.5) is 8.78 Å². The van der Waals surface area contributed by atoms with Gasteiger partial charge in [0.2, 0.25) is 0 Å². The summed E-state index contributed by atoms with van der Waals surface area (Å²) < 4.78 is 28.6. The van der Waals surface area contributed by atoms with Crippen LogP contribution in [0.25, 0.3) is 5.82 Å². The van der Waals surface area contributed by atoms with Crippen molar-refractivity contribution < 1.29 is 13.6 Å². The monoisotopic (exact) mass is 467 g/mol. The number of halogens is 5. The lowest BCUT2D eigenvalue weighted by molar-refractivity contribution is 0.0745. The first kappa shape index (κ1) is 23.8. The van der Waals surface area contributed by atoms with Crippen LogP contribution in [0, 0.1) is 11.8 Å². The van der Waals surface area contributed by atoms with Gasteiger partial charge in [-0.3, -0.25) is 4.79 Å². The van der Waals surface area contributed by atoms with E-state index in [1.165, 1.54) is 12.4 Å². The van der Waals surface area contributed by atoms with Crippen molar-refractivity contribution in [1.82, 2.24) is 25.0 Å². The predicted octanol–water partition coefficient (Wildman–Crippen LogP) is 3.77. The summed E-state index contributed by atoms with van der Waals surface area (Å²) in [6.07, 6.45) is 1.53. The maximum atomic E-state index is 13.8. The molecule has 1 N–H and O–H groups in total. The molecule has 4 rings (SSSR count). The molecule has 2 aliphatic rings. The third-order valence-electron chi connectivity index (χ3n) is 5.49. The normalized spacial score (nSPS) is 21.2. The summed E-state index contributed by atoms with van der Waals surface area (Å²) in [6.45, 7) is 3.07. The lowest BCUT2D eigenvalue weighted by Gasteiger charge is -2.21. The maximum Gasteiger partial charge on any atom is 0.281 e. The first-order valence-corrected chi connectivity index (χ1v) is 9.41. The maximum absolute atomic E-state index is 13.8. The molecule has 0 aromatic carbocycles. The molecule has 160 valence electrons. The Morgan fingerprint density at radius 3 is 2.45 bits per heavy atom. The summed E-state index contributed by atoms with van der Waals surface area (Å²) in [4.78, 5) is 18.7. The fourth-order valence-electron chi connectivity index (χ4n) is 4.03. The Balaban J connectivity index is 0.00000150. The molecule has 0 saturated carbocycles. The minimum absolute atomic E-state index is 0. The number of carbonyl (C=O) groups excluding carboxylic acids is 1. The van der Waals surface area contributed by atoms with Crippen LogP contribution in [0.5, 0.6) is 0 Å². The van der Waals surface area contributed by atoms with Gasteiger partial charge in [-0.25, -0.2) is 18.4 Å². The number of likely N-dealkylation sites (tertiary alicyclic amines) is 1. The zero-order valence-electron chi connectivity index (χ0n) is 15.4. The van der Waals surface area contributed by atoms with Crippen LogP contribution in [-0.2, 0) is 0 Å². The van der Waals surface area contributed by atoms with Crippen molar-refractivity contribution in [2.24, 2.45) is 11.8 Å². The van der Waals surface area contributed by atoms with Gasteiger partial charge in [-0.05, 0) is 49.9 Å². The van der Waals surface area contributed by atoms with E-state index >= 15 is 0 Å². The van der Waals surface area contributed by atoms with Crippen LogP contribution in [0.15, 0.2) is 24.5 Å². The van der Waals surface area contributed by atoms with Gasteiger partial charge in [0, 0.05) is 19.3 Å². The molecule has 0 spiro atoms. The average molecular weight is 469 g/mol. The van der Waals surface area contributed by atoms with Crippen molar-refractivity contribution in [2.45, 2.75) is 19.3 Å². The van der Waals surface area contributed by atoms with Gasteiger partial charge in [-0.1, -0.05) is 11.6 Å². The van der Waals surface area contributed by atoms with E-state index in [0.29, 0.717) is 24.9 Å². The first-order valence-electron chi connectivity index (χ1n) is 9.03. The van der Waals surface area contributed by atoms with Gasteiger partial charge in [-0.15, -0.1) is 24.8 Å². The van der Waals surface area contributed by atoms with Gasteiger partial charge in [0.15, 0.2) is 5.82 Å². The zero-order chi connectivity index (χ0) is 19.0. The summed E-state index contributed by atoms with van der Waals surface area (Å²) >= 11 is 6.08. The molecular weight excluding hydrogens is 447 g/mol. The SMILES string of the molecule is Cl.Cl.O=C(c1cnn(-c2ncccc2Cl)c1C(F)F)N1CC[C@@H]2CNC[C@@H]2CC1. The van der Waals surface area contributed by atoms with E-state index in [9.17, 15) is 13.6 Å². The number of pyridine rings is 1. The molecule has 4 heterocycles. The Labute approximate surface area is 184 Å². The highest BCUT2D eigenvalue weighted by Gasteiger charge is 2.34. The second-order valence-corrected chi connectivity index (χ2v) is 7.42. The van der Waals surface area contributed by atoms with E-state index in [1.807, 2.05) is 0 Å². The van der Waals surface area contributed by atoms with Gasteiger partial charge in [0.25, 0.3) is 12.3 Å². The highest BCUT2D eigenvalue weighted by molar-refractivity contribution is 6.32. The molecule has 2 atom stereocenters. The van der Waals surface area contributed by atoms with Crippen LogP contribution in [0.2, 0.25) is 5.02 Å². The standard InChI is InChI=1S/C18H20ClF2N5O.2ClH/c19-14-2-1-5-23-17(14)26-15(16(20)21)13(10-24-26)18(27)25-6-3-11-8-22-9-12(11)4-7-25;;/h1-2,5,10-12,16,22H,3-4,6-9H2;2*1H/t11-,12+;;. The summed E-state index contributed by atoms with van der Waals surface area (Å²) in [5, 5.41) is 7.57. The summed E-state index contributed by atoms with van der Waals surface area (Å²) in [7, 11) is 0. The molecule has 0 aliphatic carbocycles. The molecule has 11 heteroatoms. The lowest BCUT2D eigenvalue weighted by atomic mass is 9.92. The number of hydrogen-bond acceptors (Lipinski definition) is 4. The predicted molar refractivity (Wildman–Crippen MR) is 111 cm³/mol. The van der Waals surface area contributed by atoms with Gasteiger partial charge < -0.3 is 10.2 Å². The van der Waals surface area contributed by atoms with Gasteiger partial charge >= 0.3 is 0 Å². The van der Waals surface area contributed by atoms with E-state index in [-0.39, 0.29) is 41.2 Å². The van der Waals surface area contributed by atoms with Gasteiger partial charge in [0.05, 0.1) is 16.8 Å². The molecule has 0 unspecified atom stereocenters. The molecule has 0 radical (unpaired) electrons. The molecule has 0 bridgehead atoms. The molecule has 2 aliphatic heterocycles. The molecule has 2 fully saturated rings. The van der Waals surface area contributed by atoms with E-state index < -0.39 is 18.0 Å². The topological polar surface area (TPSA) is 63.1 Å². The Morgan fingerprint density at radius 1 is 1.21 bits per heavy atom. The first-order chi connectivity index (χ1) is 13.1. The Hall–Kier alpha value is -1.48. The second-order valence-electron chi connectivity index (χ2n) is 7.01. The number of rotatable bonds is 3. The number of hydrogen-bond donors (Lipinski definition) is 1. The Morgan fingerprint density at radius 2 is 1.86 bits per heavy atom. The summed E-state index contributed by atoms with van der Waals surface area (Å²) in [5.74, 6) is 0.779. The van der Waals surface area contributed by atoms with Crippen LogP contribution in [0.3, 0.4) is 0 Å². The van der Waals surface area contributed by atoms with Crippen LogP contribution < -0.4 is 5.32 Å². The van der Waals surface area contributed by atoms with Crippen molar-refractivity contribution in [3.05, 3.63) is 40.8 Å². The van der Waals surface area contributed by atoms with Crippen molar-refractivity contribution in [3.63, 3.8) is 0 Å². The van der Waals surface area contributed by atoms with Gasteiger partial charge in [0.1, 0.15) is 5.69 Å². The number of amides is 1. The molecule has 1 amide bonds. The molecule has 6 nitrogen and oxygen atoms in total. The lowest BCUT2D eigenvalue weighted by Crippen LogP contribution is -2.33. The number of nitrogens with zero attached hydrogens (tertiary/aromatic N) is 4. The summed E-state index contributed by atoms with van der Waals surface area (Å²) in [5.41, 5.74) is -0.552. The van der Waals surface area contributed by atoms with Crippen LogP contribution >= 0.6 is 36.4 Å². The molecule has 2 aromatic heterocycles. The number of carbonyl (C=O) groups is 1. The molecule has 2 saturated heterocycles. The van der Waals surface area contributed by atoms with E-state index in [4.69, 9.17) is 11.6 Å². The largest absolute Gasteiger partial charge is 0.339 e. The highest BCUT2D eigenvalue weighted by atomic mass is 35.5. The number of fused-ring (bicyclic) bond motifs is 1. The number of nitrogens with one attached hydrogen (secondary N) is 1. The fraction of sp³-hybridized carbons (Fsp3) is 0.500. The highest BCUT2D eigenvalue weighted by Crippen LogP contribution is 2.31. The summed E-state index contributed by atoms with van der Waals surface area (Å²) in [6, 6.07) is 3.15. The fourth-order valence-corrected chi connectivity index (χ4v) is 4.23.